The quantitative estimate of drug-likeness (QED) is 0.304. The lowest BCUT2D eigenvalue weighted by Crippen LogP contribution is -2.56. The minimum absolute atomic E-state index is 0.000185. The molecule has 80 valence electrons. The molecule has 0 spiro atoms. The number of alkyl halides is 1. The second kappa shape index (κ2) is 3.79. The Bertz CT molecular complexity index is 261. The smallest absolute Gasteiger partial charge is 0.407 e. The van der Waals surface area contributed by atoms with Gasteiger partial charge in [0.1, 0.15) is 0 Å². The van der Waals surface area contributed by atoms with Crippen molar-refractivity contribution < 1.29 is 19.1 Å². The lowest BCUT2D eigenvalue weighted by molar-refractivity contribution is -0.136. The molecule has 1 unspecified atom stereocenters. The van der Waals surface area contributed by atoms with E-state index in [1.165, 1.54) is 0 Å². The summed E-state index contributed by atoms with van der Waals surface area (Å²) < 4.78 is 13.8. The normalized spacial score (nSPS) is 27.1. The molecule has 1 atom stereocenters. The number of carbonyl (C=O) groups is 2. The van der Waals surface area contributed by atoms with Crippen molar-refractivity contribution in [3.05, 3.63) is 0 Å². The van der Waals surface area contributed by atoms with Gasteiger partial charge in [0.05, 0.1) is 6.54 Å². The molecule has 1 aliphatic rings. The Morgan fingerprint density at radius 1 is 1.57 bits per heavy atom. The maximum atomic E-state index is 13.8. The fourth-order valence-electron chi connectivity index (χ4n) is 1.49. The number of hydrogen-bond donors (Lipinski definition) is 3. The molecule has 7 heteroatoms. The van der Waals surface area contributed by atoms with Crippen LogP contribution in [-0.4, -0.2) is 40.8 Å². The average Bonchev–Trinajstić information content (AvgIpc) is 2.16. The fraction of sp³-hybridized carbons (Fsp3) is 0.714. The first kappa shape index (κ1) is 10.7. The van der Waals surface area contributed by atoms with Gasteiger partial charge in [-0.2, -0.15) is 0 Å². The van der Waals surface area contributed by atoms with Gasteiger partial charge in [0, 0.05) is 6.54 Å². The first-order valence-electron chi connectivity index (χ1n) is 4.17. The Balaban J connectivity index is 2.71. The molecule has 1 saturated heterocycles. The third-order valence-corrected chi connectivity index (χ3v) is 2.25. The number of hydrogen-bond acceptors (Lipinski definition) is 3. The third-order valence-electron chi connectivity index (χ3n) is 2.25. The molecule has 1 heterocycles. The lowest BCUT2D eigenvalue weighted by atomic mass is 9.94. The number of hydrazine groups is 1. The summed E-state index contributed by atoms with van der Waals surface area (Å²) in [5, 5.41) is 8.62. The molecular weight excluding hydrogens is 193 g/mol. The molecule has 0 aromatic rings. The topological polar surface area (TPSA) is 95.7 Å². The number of nitrogens with one attached hydrogen (secondary N) is 1. The SMILES string of the molecule is NNC(=O)C1(F)CCCN(C(=O)O)C1. The second-order valence-electron chi connectivity index (χ2n) is 3.25. The Hall–Kier alpha value is -1.37. The Morgan fingerprint density at radius 2 is 2.21 bits per heavy atom. The number of carboxylic acid groups (broad SMARTS) is 1. The van der Waals surface area contributed by atoms with Crippen LogP contribution in [0.2, 0.25) is 0 Å². The maximum absolute atomic E-state index is 13.8. The highest BCUT2D eigenvalue weighted by Crippen LogP contribution is 2.25. The van der Waals surface area contributed by atoms with Gasteiger partial charge in [-0.15, -0.1) is 0 Å². The number of nitrogens with two attached hydrogens (primary N) is 1. The number of amides is 2. The van der Waals surface area contributed by atoms with Crippen molar-refractivity contribution >= 4 is 12.0 Å². The third kappa shape index (κ3) is 1.92. The van der Waals surface area contributed by atoms with E-state index in [9.17, 15) is 14.0 Å². The molecule has 14 heavy (non-hydrogen) atoms. The van der Waals surface area contributed by atoms with Gasteiger partial charge in [-0.1, -0.05) is 0 Å². The van der Waals surface area contributed by atoms with Crippen molar-refractivity contribution in [3.8, 4) is 0 Å². The van der Waals surface area contributed by atoms with Crippen molar-refractivity contribution in [2.75, 3.05) is 13.1 Å². The molecule has 1 rings (SSSR count). The van der Waals surface area contributed by atoms with E-state index in [2.05, 4.69) is 0 Å². The Labute approximate surface area is 79.8 Å². The summed E-state index contributed by atoms with van der Waals surface area (Å²) in [6.07, 6.45) is -0.910. The molecule has 0 aromatic heterocycles. The highest BCUT2D eigenvalue weighted by Gasteiger charge is 2.43. The lowest BCUT2D eigenvalue weighted by Gasteiger charge is -2.34. The molecule has 0 radical (unpaired) electrons. The van der Waals surface area contributed by atoms with Crippen LogP contribution in [0.15, 0.2) is 0 Å². The largest absolute Gasteiger partial charge is 0.465 e. The van der Waals surface area contributed by atoms with E-state index in [0.717, 1.165) is 4.90 Å². The van der Waals surface area contributed by atoms with E-state index in [0.29, 0.717) is 6.42 Å². The van der Waals surface area contributed by atoms with Crippen LogP contribution in [0.1, 0.15) is 12.8 Å². The van der Waals surface area contributed by atoms with Gasteiger partial charge in [-0.05, 0) is 12.8 Å². The summed E-state index contributed by atoms with van der Waals surface area (Å²) in [5.74, 6) is 3.84. The zero-order chi connectivity index (χ0) is 10.8. The van der Waals surface area contributed by atoms with E-state index in [1.807, 2.05) is 0 Å². The van der Waals surface area contributed by atoms with Crippen LogP contribution >= 0.6 is 0 Å². The summed E-state index contributed by atoms with van der Waals surface area (Å²) in [5.41, 5.74) is -0.488. The predicted octanol–water partition coefficient (Wildman–Crippen LogP) is -0.542. The molecule has 1 fully saturated rings. The van der Waals surface area contributed by atoms with Crippen LogP contribution in [0, 0.1) is 0 Å². The standard InChI is InChI=1S/C7H12FN3O3/c8-7(5(12)10-9)2-1-3-11(4-7)6(13)14/h1-4,9H2,(H,10,12)(H,13,14). The number of likely N-dealkylation sites (tertiary alicyclic amines) is 1. The van der Waals surface area contributed by atoms with Crippen LogP contribution in [0.3, 0.4) is 0 Å². The average molecular weight is 205 g/mol. The van der Waals surface area contributed by atoms with Crippen LogP contribution < -0.4 is 11.3 Å². The Kier molecular flexibility index (Phi) is 2.90. The van der Waals surface area contributed by atoms with Crippen molar-refractivity contribution in [1.29, 1.82) is 0 Å². The van der Waals surface area contributed by atoms with E-state index >= 15 is 0 Å². The number of rotatable bonds is 1. The zero-order valence-electron chi connectivity index (χ0n) is 7.49. The maximum Gasteiger partial charge on any atom is 0.407 e. The molecule has 6 nitrogen and oxygen atoms in total. The van der Waals surface area contributed by atoms with Gasteiger partial charge in [0.15, 0.2) is 0 Å². The number of piperidine rings is 1. The predicted molar refractivity (Wildman–Crippen MR) is 45.0 cm³/mol. The fourth-order valence-corrected chi connectivity index (χ4v) is 1.49. The molecule has 4 N–H and O–H groups in total. The van der Waals surface area contributed by atoms with Crippen LogP contribution in [0.4, 0.5) is 9.18 Å². The van der Waals surface area contributed by atoms with E-state index in [-0.39, 0.29) is 13.0 Å². The first-order valence-corrected chi connectivity index (χ1v) is 4.17. The minimum Gasteiger partial charge on any atom is -0.465 e. The first-order chi connectivity index (χ1) is 6.49. The highest BCUT2D eigenvalue weighted by atomic mass is 19.1. The van der Waals surface area contributed by atoms with Crippen molar-refractivity contribution in [2.24, 2.45) is 5.84 Å². The number of halogens is 1. The molecule has 0 saturated carbocycles. The molecular formula is C7H12FN3O3. The van der Waals surface area contributed by atoms with Crippen LogP contribution in [-0.2, 0) is 4.79 Å². The molecule has 0 bridgehead atoms. The highest BCUT2D eigenvalue weighted by molar-refractivity contribution is 5.85. The van der Waals surface area contributed by atoms with Crippen molar-refractivity contribution in [2.45, 2.75) is 18.5 Å². The van der Waals surface area contributed by atoms with Crippen LogP contribution in [0.5, 0.6) is 0 Å². The van der Waals surface area contributed by atoms with Gasteiger partial charge >= 0.3 is 6.09 Å². The van der Waals surface area contributed by atoms with Gasteiger partial charge < -0.3 is 10.0 Å². The van der Waals surface area contributed by atoms with Gasteiger partial charge in [-0.25, -0.2) is 15.0 Å². The van der Waals surface area contributed by atoms with Gasteiger partial charge in [-0.3, -0.25) is 10.2 Å². The van der Waals surface area contributed by atoms with E-state index in [1.54, 1.807) is 5.43 Å². The van der Waals surface area contributed by atoms with E-state index in [4.69, 9.17) is 10.9 Å². The Morgan fingerprint density at radius 3 is 2.71 bits per heavy atom. The van der Waals surface area contributed by atoms with Gasteiger partial charge in [0.25, 0.3) is 5.91 Å². The second-order valence-corrected chi connectivity index (χ2v) is 3.25. The summed E-state index contributed by atoms with van der Waals surface area (Å²) in [4.78, 5) is 22.4. The summed E-state index contributed by atoms with van der Waals surface area (Å²) in [6, 6.07) is 0. The zero-order valence-corrected chi connectivity index (χ0v) is 7.49. The summed E-state index contributed by atoms with van der Waals surface area (Å²) >= 11 is 0. The molecule has 0 aliphatic carbocycles. The molecule has 2 amide bonds. The summed E-state index contributed by atoms with van der Waals surface area (Å²) in [6.45, 7) is -0.204. The van der Waals surface area contributed by atoms with Crippen molar-refractivity contribution in [1.82, 2.24) is 10.3 Å². The molecule has 0 aromatic carbocycles. The number of carbonyl (C=O) groups excluding carboxylic acids is 1. The van der Waals surface area contributed by atoms with Crippen LogP contribution in [0.25, 0.3) is 0 Å². The molecule has 1 aliphatic heterocycles. The van der Waals surface area contributed by atoms with Gasteiger partial charge in [0.2, 0.25) is 5.67 Å². The summed E-state index contributed by atoms with van der Waals surface area (Å²) in [7, 11) is 0. The van der Waals surface area contributed by atoms with E-state index < -0.39 is 24.2 Å². The number of nitrogens with zero attached hydrogens (tertiary/aromatic N) is 1. The van der Waals surface area contributed by atoms with Crippen molar-refractivity contribution in [3.63, 3.8) is 0 Å². The minimum atomic E-state index is -2.19. The monoisotopic (exact) mass is 205 g/mol.